The lowest BCUT2D eigenvalue weighted by molar-refractivity contribution is -0.138. The second-order valence-electron chi connectivity index (χ2n) is 4.41. The summed E-state index contributed by atoms with van der Waals surface area (Å²) < 4.78 is 75.3. The zero-order valence-corrected chi connectivity index (χ0v) is 10.9. The van der Waals surface area contributed by atoms with E-state index in [0.717, 1.165) is 24.3 Å². The molecule has 114 valence electrons. The summed E-state index contributed by atoms with van der Waals surface area (Å²) in [6.45, 7) is 0. The first-order chi connectivity index (χ1) is 10.2. The Bertz CT molecular complexity index is 667. The Kier molecular flexibility index (Phi) is 4.18. The molecule has 0 radical (unpaired) electrons. The van der Waals surface area contributed by atoms with Crippen molar-refractivity contribution in [1.29, 1.82) is 0 Å². The van der Waals surface area contributed by atoms with Crippen LogP contribution in [0, 0.1) is 11.8 Å². The number of hydrogen-bond donors (Lipinski definition) is 0. The van der Waals surface area contributed by atoms with E-state index < -0.39 is 23.5 Å². The largest absolute Gasteiger partial charge is 0.416 e. The van der Waals surface area contributed by atoms with Gasteiger partial charge >= 0.3 is 12.4 Å². The van der Waals surface area contributed by atoms with E-state index in [-0.39, 0.29) is 11.1 Å². The molecule has 0 atom stereocenters. The molecule has 2 rings (SSSR count). The molecule has 0 nitrogen and oxygen atoms in total. The zero-order chi connectivity index (χ0) is 16.4. The summed E-state index contributed by atoms with van der Waals surface area (Å²) in [7, 11) is 0. The Morgan fingerprint density at radius 3 is 1.27 bits per heavy atom. The van der Waals surface area contributed by atoms with Crippen molar-refractivity contribution in [2.24, 2.45) is 0 Å². The highest BCUT2D eigenvalue weighted by Crippen LogP contribution is 2.30. The monoisotopic (exact) mass is 314 g/mol. The van der Waals surface area contributed by atoms with Gasteiger partial charge in [-0.25, -0.2) is 0 Å². The maximum absolute atomic E-state index is 12.5. The van der Waals surface area contributed by atoms with Crippen molar-refractivity contribution in [3.05, 3.63) is 70.8 Å². The summed E-state index contributed by atoms with van der Waals surface area (Å²) in [6.07, 6.45) is -8.98. The molecule has 22 heavy (non-hydrogen) atoms. The Balaban J connectivity index is 2.32. The van der Waals surface area contributed by atoms with Crippen molar-refractivity contribution < 1.29 is 26.3 Å². The maximum atomic E-state index is 12.5. The molecule has 0 bridgehead atoms. The van der Waals surface area contributed by atoms with Crippen LogP contribution in [-0.2, 0) is 12.4 Å². The van der Waals surface area contributed by atoms with Crippen molar-refractivity contribution in [2.45, 2.75) is 12.4 Å². The molecule has 0 unspecified atom stereocenters. The number of rotatable bonds is 0. The number of halogens is 6. The minimum atomic E-state index is -4.49. The molecule has 2 aromatic carbocycles. The number of hydrogen-bond acceptors (Lipinski definition) is 0. The van der Waals surface area contributed by atoms with E-state index in [1.807, 2.05) is 0 Å². The fourth-order valence-electron chi connectivity index (χ4n) is 1.69. The van der Waals surface area contributed by atoms with Crippen LogP contribution in [0.25, 0.3) is 0 Å². The highest BCUT2D eigenvalue weighted by Gasteiger charge is 2.31. The molecule has 0 spiro atoms. The molecule has 0 aromatic heterocycles. The van der Waals surface area contributed by atoms with Crippen molar-refractivity contribution in [2.75, 3.05) is 0 Å². The molecular formula is C16H8F6. The van der Waals surface area contributed by atoms with Crippen LogP contribution >= 0.6 is 0 Å². The first-order valence-electron chi connectivity index (χ1n) is 6.03. The van der Waals surface area contributed by atoms with Gasteiger partial charge in [0.25, 0.3) is 0 Å². The Morgan fingerprint density at radius 1 is 0.591 bits per heavy atom. The molecule has 0 fully saturated rings. The summed E-state index contributed by atoms with van der Waals surface area (Å²) in [5, 5.41) is 0. The Hall–Kier alpha value is -2.42. The highest BCUT2D eigenvalue weighted by molar-refractivity contribution is 5.45. The quantitative estimate of drug-likeness (QED) is 0.467. The van der Waals surface area contributed by atoms with Crippen molar-refractivity contribution >= 4 is 0 Å². The second-order valence-corrected chi connectivity index (χ2v) is 4.41. The summed E-state index contributed by atoms with van der Waals surface area (Å²) in [5.74, 6) is 4.87. The van der Waals surface area contributed by atoms with Crippen LogP contribution in [0.4, 0.5) is 26.3 Å². The Morgan fingerprint density at radius 2 is 0.955 bits per heavy atom. The summed E-state index contributed by atoms with van der Waals surface area (Å²) in [6, 6.07) is 8.59. The van der Waals surface area contributed by atoms with E-state index in [1.54, 1.807) is 0 Å². The molecule has 0 aliphatic carbocycles. The van der Waals surface area contributed by atoms with Crippen LogP contribution < -0.4 is 0 Å². The van der Waals surface area contributed by atoms with E-state index in [2.05, 4.69) is 11.8 Å². The number of benzene rings is 2. The van der Waals surface area contributed by atoms with Crippen LogP contribution in [-0.4, -0.2) is 0 Å². The third kappa shape index (κ3) is 4.04. The lowest BCUT2D eigenvalue weighted by atomic mass is 10.1. The maximum Gasteiger partial charge on any atom is 0.416 e. The van der Waals surface area contributed by atoms with Crippen LogP contribution in [0.1, 0.15) is 22.3 Å². The molecule has 0 N–H and O–H groups in total. The minimum absolute atomic E-state index is 0.0761. The van der Waals surface area contributed by atoms with Gasteiger partial charge in [0.1, 0.15) is 0 Å². The van der Waals surface area contributed by atoms with E-state index in [9.17, 15) is 26.3 Å². The normalized spacial score (nSPS) is 11.7. The molecule has 0 saturated heterocycles. The van der Waals surface area contributed by atoms with Gasteiger partial charge in [-0.05, 0) is 36.4 Å². The molecule has 6 heteroatoms. The van der Waals surface area contributed by atoms with Crippen molar-refractivity contribution in [3.63, 3.8) is 0 Å². The lowest BCUT2D eigenvalue weighted by Crippen LogP contribution is -2.04. The SMILES string of the molecule is FC(F)(F)c1cccc(C#Cc2cccc(C(F)(F)F)c2)c1. The third-order valence-electron chi connectivity index (χ3n) is 2.73. The van der Waals surface area contributed by atoms with Crippen molar-refractivity contribution in [3.8, 4) is 11.8 Å². The van der Waals surface area contributed by atoms with Gasteiger partial charge in [-0.15, -0.1) is 0 Å². The first kappa shape index (κ1) is 16.0. The molecule has 0 aliphatic heterocycles. The van der Waals surface area contributed by atoms with Crippen LogP contribution in [0.15, 0.2) is 48.5 Å². The van der Waals surface area contributed by atoms with Gasteiger partial charge in [-0.1, -0.05) is 24.0 Å². The third-order valence-corrected chi connectivity index (χ3v) is 2.73. The lowest BCUT2D eigenvalue weighted by Gasteiger charge is -2.06. The second kappa shape index (κ2) is 5.76. The summed E-state index contributed by atoms with van der Waals surface area (Å²) in [5.41, 5.74) is -1.56. The molecule has 0 heterocycles. The Labute approximate surface area is 122 Å². The fourth-order valence-corrected chi connectivity index (χ4v) is 1.69. The molecule has 0 aliphatic rings. The van der Waals surface area contributed by atoms with E-state index in [4.69, 9.17) is 0 Å². The van der Waals surface area contributed by atoms with Crippen LogP contribution in [0.5, 0.6) is 0 Å². The van der Waals surface area contributed by atoms with Gasteiger partial charge in [-0.3, -0.25) is 0 Å². The van der Waals surface area contributed by atoms with Gasteiger partial charge in [0.05, 0.1) is 11.1 Å². The molecule has 0 amide bonds. The zero-order valence-electron chi connectivity index (χ0n) is 10.9. The molecule has 2 aromatic rings. The van der Waals surface area contributed by atoms with Gasteiger partial charge in [0, 0.05) is 11.1 Å². The average Bonchev–Trinajstić information content (AvgIpc) is 2.44. The van der Waals surface area contributed by atoms with Gasteiger partial charge in [0.15, 0.2) is 0 Å². The van der Waals surface area contributed by atoms with Gasteiger partial charge in [-0.2, -0.15) is 26.3 Å². The van der Waals surface area contributed by atoms with E-state index >= 15 is 0 Å². The van der Waals surface area contributed by atoms with Crippen molar-refractivity contribution in [1.82, 2.24) is 0 Å². The van der Waals surface area contributed by atoms with Gasteiger partial charge < -0.3 is 0 Å². The average molecular weight is 314 g/mol. The van der Waals surface area contributed by atoms with Gasteiger partial charge in [0.2, 0.25) is 0 Å². The van der Waals surface area contributed by atoms with E-state index in [1.165, 1.54) is 24.3 Å². The smallest absolute Gasteiger partial charge is 0.166 e. The predicted octanol–water partition coefficient (Wildman–Crippen LogP) is 5.12. The number of alkyl halides is 6. The molecule has 0 saturated carbocycles. The summed E-state index contributed by atoms with van der Waals surface area (Å²) >= 11 is 0. The van der Waals surface area contributed by atoms with Crippen LogP contribution in [0.2, 0.25) is 0 Å². The predicted molar refractivity (Wildman–Crippen MR) is 68.9 cm³/mol. The molecular weight excluding hydrogens is 306 g/mol. The standard InChI is InChI=1S/C16H8F6/c17-15(18,19)13-5-1-3-11(9-13)7-8-12-4-2-6-14(10-12)16(20,21)22/h1-6,9-10H. The fraction of sp³-hybridized carbons (Fsp3) is 0.125. The van der Waals surface area contributed by atoms with Crippen LogP contribution in [0.3, 0.4) is 0 Å². The topological polar surface area (TPSA) is 0 Å². The highest BCUT2D eigenvalue weighted by atomic mass is 19.4. The summed E-state index contributed by atoms with van der Waals surface area (Å²) in [4.78, 5) is 0. The minimum Gasteiger partial charge on any atom is -0.166 e. The first-order valence-corrected chi connectivity index (χ1v) is 6.03. The van der Waals surface area contributed by atoms with E-state index in [0.29, 0.717) is 0 Å².